The maximum Gasteiger partial charge on any atom is 0.333 e. The first-order valence-electron chi connectivity index (χ1n) is 20.1. The quantitative estimate of drug-likeness (QED) is 0.108. The number of benzene rings is 4. The van der Waals surface area contributed by atoms with Crippen molar-refractivity contribution >= 4 is 46.9 Å². The zero-order valence-corrected chi connectivity index (χ0v) is 34.0. The molecule has 0 aliphatic carbocycles. The van der Waals surface area contributed by atoms with Crippen molar-refractivity contribution in [2.75, 3.05) is 23.9 Å². The van der Waals surface area contributed by atoms with Crippen LogP contribution in [-0.4, -0.2) is 54.7 Å². The number of fused-ring (bicyclic) bond motifs is 4. The number of carbonyl (C=O) groups excluding carboxylic acids is 6. The molecule has 7 rings (SSSR count). The molecule has 3 aliphatic rings. The summed E-state index contributed by atoms with van der Waals surface area (Å²) in [5, 5.41) is 3.15. The Morgan fingerprint density at radius 2 is 0.950 bits per heavy atom. The molecule has 4 aromatic carbocycles. The van der Waals surface area contributed by atoms with Gasteiger partial charge in [0.2, 0.25) is 17.7 Å². The first-order chi connectivity index (χ1) is 29.2. The Morgan fingerprint density at radius 3 is 1.42 bits per heavy atom. The summed E-state index contributed by atoms with van der Waals surface area (Å²) in [5.74, 6) is 11.1. The normalized spacial score (nSPS) is 13.1. The Morgan fingerprint density at radius 1 is 0.567 bits per heavy atom. The lowest BCUT2D eigenvalue weighted by Gasteiger charge is -2.26. The zero-order chi connectivity index (χ0) is 42.9. The molecule has 12 nitrogen and oxygen atoms in total. The molecule has 0 saturated carbocycles. The lowest BCUT2D eigenvalue weighted by molar-refractivity contribution is -0.197. The van der Waals surface area contributed by atoms with Crippen molar-refractivity contribution in [1.82, 2.24) is 10.4 Å². The van der Waals surface area contributed by atoms with E-state index < -0.39 is 17.8 Å². The van der Waals surface area contributed by atoms with Gasteiger partial charge in [0.05, 0.1) is 24.5 Å². The molecule has 1 saturated heterocycles. The van der Waals surface area contributed by atoms with Crippen molar-refractivity contribution in [3.05, 3.63) is 130 Å². The summed E-state index contributed by atoms with van der Waals surface area (Å²) in [6, 6.07) is 31.0. The van der Waals surface area contributed by atoms with Gasteiger partial charge in [-0.3, -0.25) is 24.0 Å². The maximum absolute atomic E-state index is 13.1. The second-order valence-corrected chi connectivity index (χ2v) is 13.9. The Kier molecular flexibility index (Phi) is 16.3. The van der Waals surface area contributed by atoms with Gasteiger partial charge < -0.3 is 25.7 Å². The number of anilines is 2. The van der Waals surface area contributed by atoms with Gasteiger partial charge in [0.25, 0.3) is 11.8 Å². The number of rotatable bonds is 11. The van der Waals surface area contributed by atoms with Crippen LogP contribution in [-0.2, 0) is 46.7 Å². The highest BCUT2D eigenvalue weighted by atomic mass is 16.7. The summed E-state index contributed by atoms with van der Waals surface area (Å²) in [7, 11) is 3.13. The second-order valence-electron chi connectivity index (χ2n) is 13.9. The van der Waals surface area contributed by atoms with Crippen molar-refractivity contribution in [1.29, 1.82) is 0 Å². The molecule has 0 aromatic heterocycles. The Balaban J connectivity index is 0.000000223. The lowest BCUT2D eigenvalue weighted by Crippen LogP contribution is -2.32. The monoisotopic (exact) mass is 807 g/mol. The minimum atomic E-state index is -0.651. The van der Waals surface area contributed by atoms with Gasteiger partial charge in [-0.15, -0.1) is 5.06 Å². The van der Waals surface area contributed by atoms with E-state index in [1.165, 1.54) is 7.05 Å². The molecule has 4 aromatic rings. The molecule has 0 radical (unpaired) electrons. The second kappa shape index (κ2) is 22.2. The van der Waals surface area contributed by atoms with Crippen molar-refractivity contribution < 1.29 is 33.6 Å². The molecule has 308 valence electrons. The highest BCUT2D eigenvalue weighted by Crippen LogP contribution is 2.28. The summed E-state index contributed by atoms with van der Waals surface area (Å²) in [6.07, 6.45) is 3.55. The van der Waals surface area contributed by atoms with Crippen LogP contribution >= 0.6 is 0 Å². The number of carbonyl (C=O) groups is 6. The Bertz CT molecular complexity index is 2340. The number of nitrogens with two attached hydrogens (primary N) is 1. The van der Waals surface area contributed by atoms with E-state index in [1.54, 1.807) is 11.9 Å². The molecule has 12 heteroatoms. The van der Waals surface area contributed by atoms with Crippen LogP contribution in [0, 0.1) is 23.7 Å². The van der Waals surface area contributed by atoms with Crippen LogP contribution < -0.4 is 20.9 Å². The smallest absolute Gasteiger partial charge is 0.333 e. The van der Waals surface area contributed by atoms with E-state index in [0.717, 1.165) is 44.8 Å². The van der Waals surface area contributed by atoms with Gasteiger partial charge in [0.15, 0.2) is 0 Å². The first kappa shape index (κ1) is 44.1. The summed E-state index contributed by atoms with van der Waals surface area (Å²) >= 11 is 0. The Labute approximate surface area is 351 Å². The van der Waals surface area contributed by atoms with Crippen LogP contribution in [0.2, 0.25) is 0 Å². The molecule has 0 bridgehead atoms. The fraction of sp³-hybridized carbons (Fsp3) is 0.292. The topological polar surface area (TPSA) is 159 Å². The number of amides is 5. The third kappa shape index (κ3) is 11.8. The SMILES string of the molecule is CN.CNC(=O)CCCCC(=O)N1Cc2ccccc2C#Cc2ccccc21.O=C(CCCCC(=O)N1Cc2ccccc2C#Cc2ccccc21)ON1C(=O)CCC1=O. The average molecular weight is 808 g/mol. The van der Waals surface area contributed by atoms with Crippen LogP contribution in [0.3, 0.4) is 0 Å². The number of para-hydroxylation sites is 2. The highest BCUT2D eigenvalue weighted by molar-refractivity contribution is 6.01. The first-order valence-corrected chi connectivity index (χ1v) is 20.1. The van der Waals surface area contributed by atoms with Gasteiger partial charge in [-0.25, -0.2) is 4.79 Å². The molecule has 1 fully saturated rings. The largest absolute Gasteiger partial charge is 0.359 e. The molecule has 0 unspecified atom stereocenters. The zero-order valence-electron chi connectivity index (χ0n) is 34.0. The van der Waals surface area contributed by atoms with Crippen LogP contribution in [0.25, 0.3) is 0 Å². The predicted octanol–water partition coefficient (Wildman–Crippen LogP) is 5.91. The maximum atomic E-state index is 13.1. The van der Waals surface area contributed by atoms with E-state index in [9.17, 15) is 28.8 Å². The van der Waals surface area contributed by atoms with Crippen LogP contribution in [0.4, 0.5) is 11.4 Å². The van der Waals surface area contributed by atoms with E-state index in [-0.39, 0.29) is 43.4 Å². The Hall–Kier alpha value is -7.02. The number of nitrogens with zero attached hydrogens (tertiary/aromatic N) is 3. The van der Waals surface area contributed by atoms with Gasteiger partial charge >= 0.3 is 5.97 Å². The fourth-order valence-electron chi connectivity index (χ4n) is 6.72. The van der Waals surface area contributed by atoms with Crippen molar-refractivity contribution in [2.24, 2.45) is 5.73 Å². The van der Waals surface area contributed by atoms with Gasteiger partial charge in [0.1, 0.15) is 0 Å². The molecule has 0 atom stereocenters. The van der Waals surface area contributed by atoms with Crippen LogP contribution in [0.15, 0.2) is 97.1 Å². The third-order valence-electron chi connectivity index (χ3n) is 9.89. The fourth-order valence-corrected chi connectivity index (χ4v) is 6.72. The van der Waals surface area contributed by atoms with Gasteiger partial charge in [-0.2, -0.15) is 0 Å². The lowest BCUT2D eigenvalue weighted by atomic mass is 10.0. The van der Waals surface area contributed by atoms with E-state index >= 15 is 0 Å². The summed E-state index contributed by atoms with van der Waals surface area (Å²) in [5.41, 5.74) is 11.7. The number of nitrogens with one attached hydrogen (secondary N) is 1. The summed E-state index contributed by atoms with van der Waals surface area (Å²) in [6.45, 7) is 0.929. The van der Waals surface area contributed by atoms with Gasteiger partial charge in [-0.1, -0.05) is 84.3 Å². The minimum absolute atomic E-state index is 0.0123. The minimum Gasteiger partial charge on any atom is -0.359 e. The number of hydroxylamine groups is 2. The van der Waals surface area contributed by atoms with E-state index in [4.69, 9.17) is 4.84 Å². The molecule has 3 aliphatic heterocycles. The molecule has 3 N–H and O–H groups in total. The number of hydrogen-bond acceptors (Lipinski definition) is 8. The van der Waals surface area contributed by atoms with Crippen LogP contribution in [0.5, 0.6) is 0 Å². The molecular weight excluding hydrogens is 759 g/mol. The van der Waals surface area contributed by atoms with Crippen molar-refractivity contribution in [3.8, 4) is 23.7 Å². The van der Waals surface area contributed by atoms with E-state index in [1.807, 2.05) is 102 Å². The summed E-state index contributed by atoms with van der Waals surface area (Å²) in [4.78, 5) is 80.8. The molecule has 5 amide bonds. The number of hydrogen-bond donors (Lipinski definition) is 2. The number of unbranched alkanes of at least 4 members (excludes halogenated alkanes) is 2. The van der Waals surface area contributed by atoms with E-state index in [2.05, 4.69) is 34.7 Å². The number of imide groups is 1. The molecule has 60 heavy (non-hydrogen) atoms. The summed E-state index contributed by atoms with van der Waals surface area (Å²) < 4.78 is 0. The molecule has 3 heterocycles. The van der Waals surface area contributed by atoms with Crippen molar-refractivity contribution in [2.45, 2.75) is 77.3 Å². The molecular formula is C48H49N5O7. The highest BCUT2D eigenvalue weighted by Gasteiger charge is 2.32. The third-order valence-corrected chi connectivity index (χ3v) is 9.89. The predicted molar refractivity (Wildman–Crippen MR) is 228 cm³/mol. The average Bonchev–Trinajstić information content (AvgIpc) is 3.58. The van der Waals surface area contributed by atoms with Crippen molar-refractivity contribution in [3.63, 3.8) is 0 Å². The standard InChI is InChI=1S/C25H22N2O5.C22H22N2O2.CH5N/c28-22(11-5-6-12-25(31)32-27-23(29)15-16-24(27)30)26-17-20-9-2-1-7-18(20)13-14-19-8-3-4-10-21(19)26;1-23-21(25)12-6-7-13-22(26)24-16-19-10-3-2-8-17(19)14-15-18-9-4-5-11-20(18)24;1-2/h1-4,7-10H,5-6,11-12,15-17H2;2-5,8-11H,6-7,12-13,16H2,1H3,(H,23,25);2H2,1H3. The van der Waals surface area contributed by atoms with Crippen LogP contribution in [0.1, 0.15) is 97.6 Å². The van der Waals surface area contributed by atoms with E-state index in [0.29, 0.717) is 56.7 Å². The van der Waals surface area contributed by atoms with Gasteiger partial charge in [-0.05, 0) is 80.3 Å². The van der Waals surface area contributed by atoms with Gasteiger partial charge in [0, 0.05) is 67.8 Å². The molecule has 0 spiro atoms.